The van der Waals surface area contributed by atoms with Crippen molar-refractivity contribution in [2.24, 2.45) is 13.0 Å². The van der Waals surface area contributed by atoms with Crippen molar-refractivity contribution in [3.05, 3.63) is 35.2 Å². The third-order valence-electron chi connectivity index (χ3n) is 4.09. The lowest BCUT2D eigenvalue weighted by molar-refractivity contribution is -0.121. The molecule has 6 nitrogen and oxygen atoms in total. The van der Waals surface area contributed by atoms with Crippen LogP contribution < -0.4 is 5.32 Å². The maximum atomic E-state index is 12.1. The Balaban J connectivity index is 1.85. The van der Waals surface area contributed by atoms with Crippen molar-refractivity contribution < 1.29 is 4.79 Å². The van der Waals surface area contributed by atoms with Crippen molar-refractivity contribution in [2.45, 2.75) is 53.6 Å². The summed E-state index contributed by atoms with van der Waals surface area (Å²) in [6, 6.07) is 0. The van der Waals surface area contributed by atoms with Gasteiger partial charge in [0.25, 0.3) is 0 Å². The van der Waals surface area contributed by atoms with E-state index in [0.29, 0.717) is 18.9 Å². The van der Waals surface area contributed by atoms with Gasteiger partial charge in [-0.1, -0.05) is 13.8 Å². The second kappa shape index (κ2) is 7.44. The second-order valence-electron chi connectivity index (χ2n) is 6.48. The molecule has 23 heavy (non-hydrogen) atoms. The van der Waals surface area contributed by atoms with Gasteiger partial charge in [-0.3, -0.25) is 9.48 Å². The predicted molar refractivity (Wildman–Crippen MR) is 89.9 cm³/mol. The number of nitrogens with one attached hydrogen (secondary N) is 1. The van der Waals surface area contributed by atoms with E-state index in [1.54, 1.807) is 0 Å². The van der Waals surface area contributed by atoms with Crippen LogP contribution in [0.2, 0.25) is 0 Å². The van der Waals surface area contributed by atoms with E-state index in [1.807, 2.05) is 38.1 Å². The van der Waals surface area contributed by atoms with Crippen LogP contribution >= 0.6 is 0 Å². The minimum atomic E-state index is 0.0601. The zero-order chi connectivity index (χ0) is 17.0. The highest BCUT2D eigenvalue weighted by Gasteiger charge is 2.12. The summed E-state index contributed by atoms with van der Waals surface area (Å²) in [5, 5.41) is 7.38. The van der Waals surface area contributed by atoms with Crippen LogP contribution in [0.5, 0.6) is 0 Å². The largest absolute Gasteiger partial charge is 0.350 e. The van der Waals surface area contributed by atoms with Gasteiger partial charge in [-0.2, -0.15) is 5.10 Å². The van der Waals surface area contributed by atoms with Crippen molar-refractivity contribution in [1.82, 2.24) is 24.6 Å². The summed E-state index contributed by atoms with van der Waals surface area (Å²) in [5.41, 5.74) is 4.35. The Kier molecular flexibility index (Phi) is 5.58. The molecule has 0 aliphatic rings. The van der Waals surface area contributed by atoms with E-state index in [-0.39, 0.29) is 5.91 Å². The standard InChI is InChI=1S/C17H27N5O/c1-12(2)10-22-11-18-8-15(22)9-19-17(23)7-6-16-13(3)20-21(5)14(16)4/h8,11-12H,6-7,9-10H2,1-5H3,(H,19,23). The molecule has 0 radical (unpaired) electrons. The fourth-order valence-corrected chi connectivity index (χ4v) is 2.75. The number of rotatable bonds is 7. The van der Waals surface area contributed by atoms with Crippen molar-refractivity contribution in [1.29, 1.82) is 0 Å². The fourth-order valence-electron chi connectivity index (χ4n) is 2.75. The van der Waals surface area contributed by atoms with Crippen LogP contribution in [0.25, 0.3) is 0 Å². The molecule has 0 aliphatic carbocycles. The first-order valence-corrected chi connectivity index (χ1v) is 8.13. The summed E-state index contributed by atoms with van der Waals surface area (Å²) >= 11 is 0. The minimum absolute atomic E-state index is 0.0601. The molecule has 2 heterocycles. The van der Waals surface area contributed by atoms with E-state index in [1.165, 1.54) is 5.56 Å². The summed E-state index contributed by atoms with van der Waals surface area (Å²) in [4.78, 5) is 16.3. The zero-order valence-electron chi connectivity index (χ0n) is 14.8. The third-order valence-corrected chi connectivity index (χ3v) is 4.09. The monoisotopic (exact) mass is 317 g/mol. The molecule has 0 saturated heterocycles. The maximum Gasteiger partial charge on any atom is 0.220 e. The Morgan fingerprint density at radius 3 is 2.70 bits per heavy atom. The molecule has 0 unspecified atom stereocenters. The molecule has 0 fully saturated rings. The highest BCUT2D eigenvalue weighted by molar-refractivity contribution is 5.76. The summed E-state index contributed by atoms with van der Waals surface area (Å²) < 4.78 is 3.97. The molecular formula is C17H27N5O. The molecule has 2 rings (SSSR count). The lowest BCUT2D eigenvalue weighted by Crippen LogP contribution is -2.24. The number of aryl methyl sites for hydroxylation is 2. The number of nitrogens with zero attached hydrogens (tertiary/aromatic N) is 4. The van der Waals surface area contributed by atoms with E-state index in [0.717, 1.165) is 30.0 Å². The molecule has 2 aromatic rings. The fraction of sp³-hybridized carbons (Fsp3) is 0.588. The SMILES string of the molecule is Cc1nn(C)c(C)c1CCC(=O)NCc1cncn1CC(C)C. The number of hydrogen-bond donors (Lipinski definition) is 1. The van der Waals surface area contributed by atoms with Crippen LogP contribution in [-0.4, -0.2) is 25.2 Å². The summed E-state index contributed by atoms with van der Waals surface area (Å²) in [6.45, 7) is 9.81. The van der Waals surface area contributed by atoms with E-state index >= 15 is 0 Å². The van der Waals surface area contributed by atoms with Gasteiger partial charge < -0.3 is 9.88 Å². The first-order chi connectivity index (χ1) is 10.9. The Morgan fingerprint density at radius 2 is 2.09 bits per heavy atom. The van der Waals surface area contributed by atoms with Gasteiger partial charge in [0.15, 0.2) is 0 Å². The van der Waals surface area contributed by atoms with Gasteiger partial charge in [-0.05, 0) is 31.7 Å². The van der Waals surface area contributed by atoms with Crippen molar-refractivity contribution in [3.63, 3.8) is 0 Å². The smallest absolute Gasteiger partial charge is 0.220 e. The molecule has 0 saturated carbocycles. The van der Waals surface area contributed by atoms with Crippen LogP contribution in [0, 0.1) is 19.8 Å². The highest BCUT2D eigenvalue weighted by atomic mass is 16.1. The lowest BCUT2D eigenvalue weighted by atomic mass is 10.1. The first kappa shape index (κ1) is 17.2. The van der Waals surface area contributed by atoms with Gasteiger partial charge in [-0.15, -0.1) is 0 Å². The molecule has 0 atom stereocenters. The molecule has 0 spiro atoms. The molecule has 126 valence electrons. The normalized spacial score (nSPS) is 11.2. The summed E-state index contributed by atoms with van der Waals surface area (Å²) in [7, 11) is 1.93. The van der Waals surface area contributed by atoms with Gasteiger partial charge in [-0.25, -0.2) is 4.98 Å². The summed E-state index contributed by atoms with van der Waals surface area (Å²) in [6.07, 6.45) is 4.84. The number of hydrogen-bond acceptors (Lipinski definition) is 3. The van der Waals surface area contributed by atoms with Crippen LogP contribution in [-0.2, 0) is 31.4 Å². The number of aromatic nitrogens is 4. The third kappa shape index (κ3) is 4.43. The van der Waals surface area contributed by atoms with E-state index in [4.69, 9.17) is 0 Å². The van der Waals surface area contributed by atoms with Crippen molar-refractivity contribution >= 4 is 5.91 Å². The van der Waals surface area contributed by atoms with Gasteiger partial charge in [0.1, 0.15) is 0 Å². The molecule has 6 heteroatoms. The molecule has 1 N–H and O–H groups in total. The number of amides is 1. The zero-order valence-corrected chi connectivity index (χ0v) is 14.8. The predicted octanol–water partition coefficient (Wildman–Crippen LogP) is 2.14. The Bertz CT molecular complexity index is 669. The minimum Gasteiger partial charge on any atom is -0.350 e. The topological polar surface area (TPSA) is 64.7 Å². The molecule has 0 aliphatic heterocycles. The van der Waals surface area contributed by atoms with Crippen molar-refractivity contribution in [3.8, 4) is 0 Å². The van der Waals surface area contributed by atoms with Gasteiger partial charge in [0.2, 0.25) is 5.91 Å². The van der Waals surface area contributed by atoms with Crippen LogP contribution in [0.1, 0.15) is 42.9 Å². The van der Waals surface area contributed by atoms with Gasteiger partial charge in [0.05, 0.1) is 24.3 Å². The van der Waals surface area contributed by atoms with Crippen LogP contribution in [0.4, 0.5) is 0 Å². The highest BCUT2D eigenvalue weighted by Crippen LogP contribution is 2.14. The van der Waals surface area contributed by atoms with E-state index in [9.17, 15) is 4.79 Å². The van der Waals surface area contributed by atoms with Crippen LogP contribution in [0.15, 0.2) is 12.5 Å². The number of carbonyl (C=O) groups is 1. The Morgan fingerprint density at radius 1 is 1.35 bits per heavy atom. The Labute approximate surface area is 137 Å². The second-order valence-corrected chi connectivity index (χ2v) is 6.48. The van der Waals surface area contributed by atoms with E-state index in [2.05, 4.69) is 33.8 Å². The number of carbonyl (C=O) groups excluding carboxylic acids is 1. The first-order valence-electron chi connectivity index (χ1n) is 8.13. The average Bonchev–Trinajstić information content (AvgIpc) is 3.00. The molecule has 1 amide bonds. The van der Waals surface area contributed by atoms with Crippen LogP contribution in [0.3, 0.4) is 0 Å². The molecule has 0 aromatic carbocycles. The average molecular weight is 317 g/mol. The molecule has 0 bridgehead atoms. The number of imidazole rings is 1. The van der Waals surface area contributed by atoms with Gasteiger partial charge >= 0.3 is 0 Å². The Hall–Kier alpha value is -2.11. The summed E-state index contributed by atoms with van der Waals surface area (Å²) in [5.74, 6) is 0.611. The van der Waals surface area contributed by atoms with E-state index < -0.39 is 0 Å². The van der Waals surface area contributed by atoms with Crippen molar-refractivity contribution in [2.75, 3.05) is 0 Å². The van der Waals surface area contributed by atoms with Gasteiger partial charge in [0, 0.05) is 31.9 Å². The quantitative estimate of drug-likeness (QED) is 0.851. The maximum absolute atomic E-state index is 12.1. The lowest BCUT2D eigenvalue weighted by Gasteiger charge is -2.11. The molecular weight excluding hydrogens is 290 g/mol. The molecule has 2 aromatic heterocycles.